The minimum absolute atomic E-state index is 0.347. The monoisotopic (exact) mass is 1400 g/mol. The highest BCUT2D eigenvalue weighted by Gasteiger charge is 2.37. The van der Waals surface area contributed by atoms with Crippen molar-refractivity contribution < 1.29 is 0 Å². The van der Waals surface area contributed by atoms with Crippen molar-refractivity contribution in [2.45, 2.75) is 94.8 Å². The number of aromatic nitrogens is 3. The lowest BCUT2D eigenvalue weighted by molar-refractivity contribution is 0.338. The van der Waals surface area contributed by atoms with Crippen LogP contribution in [0.25, 0.3) is 0 Å². The fourth-order valence-corrected chi connectivity index (χ4v) is 17.1. The maximum atomic E-state index is 6.34. The van der Waals surface area contributed by atoms with Crippen molar-refractivity contribution in [3.05, 3.63) is 182 Å². The van der Waals surface area contributed by atoms with Crippen molar-refractivity contribution in [3.63, 3.8) is 0 Å². The summed E-state index contributed by atoms with van der Waals surface area (Å²) in [5.41, 5.74) is 16.2. The van der Waals surface area contributed by atoms with Crippen LogP contribution in [0.3, 0.4) is 0 Å². The van der Waals surface area contributed by atoms with Gasteiger partial charge in [0, 0.05) is 78.2 Å². The Balaban J connectivity index is 0.000000124. The Hall–Kier alpha value is -1.26. The van der Waals surface area contributed by atoms with Crippen LogP contribution in [-0.4, -0.2) is 54.2 Å². The minimum Gasteiger partial charge on any atom is -0.317 e. The molecule has 3 N–H and O–H groups in total. The topological polar surface area (TPSA) is 74.8 Å². The van der Waals surface area contributed by atoms with Gasteiger partial charge < -0.3 is 16.0 Å². The molecule has 12 rings (SSSR count). The smallest absolute Gasteiger partial charge is 0.0514 e. The number of hydrogen-bond acceptors (Lipinski definition) is 6. The molecule has 3 aromatic carbocycles. The van der Waals surface area contributed by atoms with Crippen LogP contribution in [0.4, 0.5) is 0 Å². The average Bonchev–Trinajstić information content (AvgIpc) is 3.72. The first-order valence-electron chi connectivity index (χ1n) is 25.4. The van der Waals surface area contributed by atoms with E-state index in [2.05, 4.69) is 148 Å². The number of fused-ring (bicyclic) bond motifs is 6. The number of nitrogens with zero attached hydrogens (tertiary/aromatic N) is 3. The van der Waals surface area contributed by atoms with Crippen LogP contribution in [0.1, 0.15) is 123 Å². The lowest BCUT2D eigenvalue weighted by atomic mass is 9.77. The molecule has 72 heavy (non-hydrogen) atoms. The van der Waals surface area contributed by atoms with E-state index >= 15 is 0 Å². The fraction of sp³-hybridized carbons (Fsp3) is 0.421. The summed E-state index contributed by atoms with van der Waals surface area (Å²) in [6, 6.07) is 19.3. The Kier molecular flexibility index (Phi) is 18.5. The SMILES string of the molecule is Clc1cc(Br)c2c(c1)CCc1cc(Br)cnc1C2C1CCNCC1.Clc1cc(Br)c2c(c1)CCc1cc(Br)cnc1[C@@H]2C1CCNCC1.Clc1cc(Br)c2c(c1)CCc1cc(Br)cnc1[C@H]2C1CCNCC1. The number of benzene rings is 3. The van der Waals surface area contributed by atoms with E-state index in [0.29, 0.717) is 35.5 Å². The normalized spacial score (nSPS) is 21.0. The van der Waals surface area contributed by atoms with E-state index in [-0.39, 0.29) is 0 Å². The molecule has 3 saturated heterocycles. The van der Waals surface area contributed by atoms with Gasteiger partial charge in [-0.3, -0.25) is 15.0 Å². The molecule has 3 fully saturated rings. The molecule has 3 aliphatic heterocycles. The molecule has 1 unspecified atom stereocenters. The van der Waals surface area contributed by atoms with Gasteiger partial charge >= 0.3 is 0 Å². The van der Waals surface area contributed by atoms with Gasteiger partial charge in [-0.25, -0.2) is 0 Å². The number of piperidine rings is 3. The van der Waals surface area contributed by atoms with Crippen LogP contribution in [0.5, 0.6) is 0 Å². The number of hydrogen-bond donors (Lipinski definition) is 3. The maximum absolute atomic E-state index is 6.34. The molecule has 0 radical (unpaired) electrons. The second-order valence-electron chi connectivity index (χ2n) is 20.2. The second kappa shape index (κ2) is 24.6. The third-order valence-corrected chi connectivity index (χ3v) is 19.7. The molecule has 0 bridgehead atoms. The van der Waals surface area contributed by atoms with Crippen LogP contribution in [0.2, 0.25) is 15.1 Å². The molecular weight excluding hydrogens is 1350 g/mol. The summed E-state index contributed by atoms with van der Waals surface area (Å²) in [7, 11) is 0. The van der Waals surface area contributed by atoms with Crippen LogP contribution < -0.4 is 16.0 Å². The molecular formula is C57H57Br6Cl3N6. The highest BCUT2D eigenvalue weighted by atomic mass is 79.9. The summed E-state index contributed by atoms with van der Waals surface area (Å²) in [4.78, 5) is 14.6. The summed E-state index contributed by atoms with van der Waals surface area (Å²) in [6.07, 6.45) is 19.1. The largest absolute Gasteiger partial charge is 0.317 e. The summed E-state index contributed by atoms with van der Waals surface area (Å²) >= 11 is 41.2. The van der Waals surface area contributed by atoms with Crippen molar-refractivity contribution in [1.82, 2.24) is 30.9 Å². The van der Waals surface area contributed by atoms with E-state index in [1.807, 2.05) is 36.8 Å². The molecule has 3 aromatic heterocycles. The first-order valence-corrected chi connectivity index (χ1v) is 31.3. The molecule has 6 aliphatic rings. The lowest BCUT2D eigenvalue weighted by Gasteiger charge is -2.32. The predicted molar refractivity (Wildman–Crippen MR) is 318 cm³/mol. The van der Waals surface area contributed by atoms with Gasteiger partial charge in [0.05, 0.1) is 17.1 Å². The molecule has 15 heteroatoms. The number of nitrogens with one attached hydrogen (secondary N) is 3. The third kappa shape index (κ3) is 12.2. The van der Waals surface area contributed by atoms with Crippen LogP contribution in [-0.2, 0) is 38.5 Å². The summed E-state index contributed by atoms with van der Waals surface area (Å²) < 4.78 is 6.58. The molecule has 3 atom stereocenters. The van der Waals surface area contributed by atoms with Gasteiger partial charge in [0.2, 0.25) is 0 Å². The van der Waals surface area contributed by atoms with Gasteiger partial charge in [-0.05, 0) is 287 Å². The Morgan fingerprint density at radius 2 is 0.597 bits per heavy atom. The number of pyridine rings is 3. The van der Waals surface area contributed by atoms with Crippen molar-refractivity contribution in [2.24, 2.45) is 17.8 Å². The summed E-state index contributed by atoms with van der Waals surface area (Å²) in [5, 5.41) is 12.9. The molecule has 0 amide bonds. The van der Waals surface area contributed by atoms with Crippen LogP contribution >= 0.6 is 130 Å². The fourth-order valence-electron chi connectivity index (χ4n) is 12.6. The lowest BCUT2D eigenvalue weighted by Crippen LogP contribution is -2.32. The summed E-state index contributed by atoms with van der Waals surface area (Å²) in [5.74, 6) is 2.90. The third-order valence-electron chi connectivity index (χ3n) is 15.8. The van der Waals surface area contributed by atoms with Gasteiger partial charge in [-0.1, -0.05) is 82.6 Å². The number of halogens is 9. The van der Waals surface area contributed by atoms with Crippen molar-refractivity contribution in [3.8, 4) is 0 Å². The standard InChI is InChI=1S/3C19H19Br2ClN2/c3*20-14-7-13-2-1-12-8-15(22)9-16(21)17(12)18(19(13)24-10-14)11-3-5-23-6-4-11/h3*7-11,18,23H,1-6H2/t2*18-;/m10./s1. The highest BCUT2D eigenvalue weighted by Crippen LogP contribution is 2.49. The van der Waals surface area contributed by atoms with E-state index in [9.17, 15) is 0 Å². The molecule has 6 aromatic rings. The van der Waals surface area contributed by atoms with Gasteiger partial charge in [-0.15, -0.1) is 0 Å². The Labute approximate surface area is 490 Å². The maximum Gasteiger partial charge on any atom is 0.0514 e. The van der Waals surface area contributed by atoms with Crippen LogP contribution in [0.15, 0.2) is 100 Å². The number of aryl methyl sites for hydroxylation is 6. The summed E-state index contributed by atoms with van der Waals surface area (Å²) in [6.45, 7) is 6.55. The highest BCUT2D eigenvalue weighted by molar-refractivity contribution is 9.11. The average molecular weight is 1410 g/mol. The molecule has 0 spiro atoms. The van der Waals surface area contributed by atoms with E-state index < -0.39 is 0 Å². The van der Waals surface area contributed by atoms with E-state index in [0.717, 1.165) is 120 Å². The van der Waals surface area contributed by atoms with Crippen molar-refractivity contribution in [1.29, 1.82) is 0 Å². The predicted octanol–water partition coefficient (Wildman–Crippen LogP) is 16.5. The zero-order valence-corrected chi connectivity index (χ0v) is 51.6. The second-order valence-corrected chi connectivity index (χ2v) is 26.8. The van der Waals surface area contributed by atoms with Crippen molar-refractivity contribution in [2.75, 3.05) is 39.3 Å². The quantitative estimate of drug-likeness (QED) is 0.164. The molecule has 378 valence electrons. The minimum atomic E-state index is 0.347. The Morgan fingerprint density at radius 3 is 0.861 bits per heavy atom. The van der Waals surface area contributed by atoms with E-state index in [1.165, 1.54) is 106 Å². The molecule has 3 aliphatic carbocycles. The Morgan fingerprint density at radius 1 is 0.347 bits per heavy atom. The first-order chi connectivity index (χ1) is 34.9. The Bertz CT molecular complexity index is 2630. The first kappa shape index (κ1) is 54.1. The van der Waals surface area contributed by atoms with E-state index in [1.54, 1.807) is 0 Å². The van der Waals surface area contributed by atoms with Gasteiger partial charge in [0.25, 0.3) is 0 Å². The molecule has 0 saturated carbocycles. The van der Waals surface area contributed by atoms with Gasteiger partial charge in [0.15, 0.2) is 0 Å². The molecule has 6 heterocycles. The van der Waals surface area contributed by atoms with Crippen LogP contribution in [0, 0.1) is 17.8 Å². The molecule has 6 nitrogen and oxygen atoms in total. The number of rotatable bonds is 3. The zero-order valence-electron chi connectivity index (χ0n) is 39.9. The van der Waals surface area contributed by atoms with Crippen molar-refractivity contribution >= 4 is 130 Å². The van der Waals surface area contributed by atoms with E-state index in [4.69, 9.17) is 49.8 Å². The van der Waals surface area contributed by atoms with Gasteiger partial charge in [0.1, 0.15) is 0 Å². The van der Waals surface area contributed by atoms with Gasteiger partial charge in [-0.2, -0.15) is 0 Å². The zero-order chi connectivity index (χ0) is 50.0.